The number of quaternary nitrogens is 1. The first-order chi connectivity index (χ1) is 29.4. The molecule has 0 fully saturated rings. The van der Waals surface area contributed by atoms with Gasteiger partial charge in [-0.3, -0.25) is 15.1 Å². The van der Waals surface area contributed by atoms with Crippen molar-refractivity contribution in [1.29, 1.82) is 0 Å². The summed E-state index contributed by atoms with van der Waals surface area (Å²) >= 11 is 0. The number of hydrogen-bond donors (Lipinski definition) is 5. The summed E-state index contributed by atoms with van der Waals surface area (Å²) in [6.07, 6.45) is 36.5. The topological polar surface area (TPSA) is 185 Å². The molecule has 0 saturated carbocycles. The molecule has 2 unspecified atom stereocenters. The van der Waals surface area contributed by atoms with Gasteiger partial charge < -0.3 is 25.3 Å². The summed E-state index contributed by atoms with van der Waals surface area (Å²) in [5.41, 5.74) is 6.83. The van der Waals surface area contributed by atoms with E-state index in [1.807, 2.05) is 0 Å². The number of rotatable bonds is 45. The molecule has 0 saturated heterocycles. The first-order valence-electron chi connectivity index (χ1n) is 25.1. The zero-order valence-corrected chi connectivity index (χ0v) is 39.6. The van der Waals surface area contributed by atoms with Crippen molar-refractivity contribution in [3.8, 4) is 0 Å². The summed E-state index contributed by atoms with van der Waals surface area (Å²) < 4.78 is -0.116. The number of amides is 3. The molecule has 13 heteroatoms. The first-order valence-corrected chi connectivity index (χ1v) is 25.1. The van der Waals surface area contributed by atoms with Crippen molar-refractivity contribution in [1.82, 2.24) is 14.7 Å². The SMILES string of the molecule is CCCCCCCCCCCCCCCCCCN(CCCCCCCCCCCCCCCCCC)CC(N)[N+](C)(CCN(CCN(C(=O)O)C(=O)O)C(=O)O)CC(=O)O. The van der Waals surface area contributed by atoms with E-state index in [-0.39, 0.29) is 35.6 Å². The van der Waals surface area contributed by atoms with E-state index >= 15 is 0 Å². The molecule has 0 radical (unpaired) electrons. The molecular formula is C48H96N5O8+. The highest BCUT2D eigenvalue weighted by molar-refractivity contribution is 5.85. The second kappa shape index (κ2) is 40.2. The Hall–Kier alpha value is -2.64. The number of likely N-dealkylation sites (N-methyl/N-ethyl adjacent to an activating group) is 1. The van der Waals surface area contributed by atoms with E-state index in [2.05, 4.69) is 18.7 Å². The fourth-order valence-electron chi connectivity index (χ4n) is 8.34. The second-order valence-electron chi connectivity index (χ2n) is 18.2. The van der Waals surface area contributed by atoms with Crippen molar-refractivity contribution in [2.75, 3.05) is 59.4 Å². The summed E-state index contributed by atoms with van der Waals surface area (Å²) in [5, 5.41) is 38.0. The van der Waals surface area contributed by atoms with Gasteiger partial charge in [0.15, 0.2) is 12.7 Å². The van der Waals surface area contributed by atoms with E-state index in [0.29, 0.717) is 6.54 Å². The van der Waals surface area contributed by atoms with Gasteiger partial charge in [-0.15, -0.1) is 0 Å². The lowest BCUT2D eigenvalue weighted by Gasteiger charge is -2.41. The van der Waals surface area contributed by atoms with Crippen LogP contribution in [0.5, 0.6) is 0 Å². The van der Waals surface area contributed by atoms with Gasteiger partial charge >= 0.3 is 24.2 Å². The minimum Gasteiger partial charge on any atom is -0.477 e. The molecule has 0 aromatic rings. The first kappa shape index (κ1) is 58.4. The molecule has 13 nitrogen and oxygen atoms in total. The monoisotopic (exact) mass is 871 g/mol. The highest BCUT2D eigenvalue weighted by Crippen LogP contribution is 2.17. The van der Waals surface area contributed by atoms with Crippen LogP contribution in [0.1, 0.15) is 219 Å². The van der Waals surface area contributed by atoms with E-state index in [9.17, 15) is 39.6 Å². The minimum absolute atomic E-state index is 0.0752. The molecule has 61 heavy (non-hydrogen) atoms. The van der Waals surface area contributed by atoms with E-state index < -0.39 is 37.0 Å². The average Bonchev–Trinajstić information content (AvgIpc) is 3.20. The highest BCUT2D eigenvalue weighted by Gasteiger charge is 2.35. The summed E-state index contributed by atoms with van der Waals surface area (Å²) in [4.78, 5) is 50.1. The van der Waals surface area contributed by atoms with Crippen molar-refractivity contribution in [3.63, 3.8) is 0 Å². The summed E-state index contributed by atoms with van der Waals surface area (Å²) in [5.74, 6) is -1.05. The third-order valence-electron chi connectivity index (χ3n) is 12.6. The quantitative estimate of drug-likeness (QED) is 0.0224. The molecule has 3 amide bonds. The summed E-state index contributed by atoms with van der Waals surface area (Å²) in [7, 11) is 1.72. The van der Waals surface area contributed by atoms with Crippen LogP contribution in [-0.2, 0) is 4.79 Å². The number of unbranched alkanes of at least 4 members (excludes halogenated alkanes) is 30. The van der Waals surface area contributed by atoms with Gasteiger partial charge in [0.05, 0.1) is 33.2 Å². The van der Waals surface area contributed by atoms with Crippen LogP contribution in [0.3, 0.4) is 0 Å². The Kier molecular flexibility index (Phi) is 38.4. The van der Waals surface area contributed by atoms with Crippen LogP contribution in [0.2, 0.25) is 0 Å². The molecule has 360 valence electrons. The zero-order chi connectivity index (χ0) is 45.4. The Morgan fingerprint density at radius 2 is 0.754 bits per heavy atom. The molecule has 6 N–H and O–H groups in total. The van der Waals surface area contributed by atoms with Crippen LogP contribution in [0.4, 0.5) is 14.4 Å². The molecule has 0 aromatic carbocycles. The number of carboxylic acids is 1. The van der Waals surface area contributed by atoms with Crippen LogP contribution in [-0.4, -0.2) is 129 Å². The number of nitrogens with zero attached hydrogens (tertiary/aromatic N) is 4. The number of carboxylic acid groups (broad SMARTS) is 4. The predicted octanol–water partition coefficient (Wildman–Crippen LogP) is 12.3. The fraction of sp³-hybridized carbons (Fsp3) is 0.917. The Bertz CT molecular complexity index is 1030. The molecule has 2 atom stereocenters. The van der Waals surface area contributed by atoms with Gasteiger partial charge in [0, 0.05) is 6.54 Å². The van der Waals surface area contributed by atoms with Crippen LogP contribution in [0.15, 0.2) is 0 Å². The molecule has 0 aliphatic rings. The van der Waals surface area contributed by atoms with Gasteiger partial charge in [-0.2, -0.15) is 0 Å². The van der Waals surface area contributed by atoms with Gasteiger partial charge in [0.25, 0.3) is 0 Å². The summed E-state index contributed by atoms with van der Waals surface area (Å²) in [6.45, 7) is 5.46. The second-order valence-corrected chi connectivity index (χ2v) is 18.2. The van der Waals surface area contributed by atoms with Gasteiger partial charge in [0.1, 0.15) is 0 Å². The molecule has 0 rings (SSSR count). The smallest absolute Gasteiger partial charge is 0.416 e. The van der Waals surface area contributed by atoms with Crippen molar-refractivity contribution in [3.05, 3.63) is 0 Å². The molecule has 0 aromatic heterocycles. The number of nitrogens with two attached hydrogens (primary N) is 1. The van der Waals surface area contributed by atoms with Crippen LogP contribution < -0.4 is 5.73 Å². The van der Waals surface area contributed by atoms with Gasteiger partial charge in [-0.25, -0.2) is 24.1 Å². The largest absolute Gasteiger partial charge is 0.477 e. The molecule has 0 aliphatic heterocycles. The van der Waals surface area contributed by atoms with Crippen LogP contribution in [0.25, 0.3) is 0 Å². The summed E-state index contributed by atoms with van der Waals surface area (Å²) in [6, 6.07) is 0. The lowest BCUT2D eigenvalue weighted by atomic mass is 10.0. The van der Waals surface area contributed by atoms with E-state index in [4.69, 9.17) is 5.73 Å². The highest BCUT2D eigenvalue weighted by atomic mass is 16.4. The van der Waals surface area contributed by atoms with Crippen molar-refractivity contribution >= 4 is 24.2 Å². The van der Waals surface area contributed by atoms with Crippen LogP contribution >= 0.6 is 0 Å². The molecule has 0 spiro atoms. The number of carbonyl (C=O) groups is 4. The van der Waals surface area contributed by atoms with Gasteiger partial charge in [-0.05, 0) is 25.9 Å². The Morgan fingerprint density at radius 3 is 1.03 bits per heavy atom. The maximum Gasteiger partial charge on any atom is 0.416 e. The molecule has 0 aliphatic carbocycles. The lowest BCUT2D eigenvalue weighted by Crippen LogP contribution is -2.64. The van der Waals surface area contributed by atoms with Crippen molar-refractivity contribution < 1.29 is 44.1 Å². The fourth-order valence-corrected chi connectivity index (χ4v) is 8.34. The van der Waals surface area contributed by atoms with Crippen molar-refractivity contribution in [2.45, 2.75) is 225 Å². The average molecular weight is 871 g/mol. The van der Waals surface area contributed by atoms with E-state index in [1.165, 1.54) is 180 Å². The standard InChI is InChI=1S/C48H95N5O8/c1-4-6-8-10-12-14-16-18-20-22-24-26-28-30-32-34-36-50(37-35-33-31-29-27-25-23-21-19-17-15-13-11-9-7-5-2)42-44(49)53(3,43-45(54)55)41-40-51(46(56)57)38-39-52(47(58)59)48(60)61/h44H,4-43,49H2,1-3H3,(H3-,54,55,56,57,58,59,60,61)/p+1. The third kappa shape index (κ3) is 34.5. The lowest BCUT2D eigenvalue weighted by molar-refractivity contribution is -0.925. The van der Waals surface area contributed by atoms with Crippen LogP contribution in [0, 0.1) is 0 Å². The molecule has 0 heterocycles. The number of imide groups is 1. The third-order valence-corrected chi connectivity index (χ3v) is 12.6. The van der Waals surface area contributed by atoms with E-state index in [1.54, 1.807) is 7.05 Å². The Balaban J connectivity index is 4.99. The van der Waals surface area contributed by atoms with Crippen molar-refractivity contribution in [2.24, 2.45) is 5.73 Å². The molecular weight excluding hydrogens is 775 g/mol. The number of aliphatic carboxylic acids is 1. The number of hydrogen-bond acceptors (Lipinski definition) is 6. The Labute approximate surface area is 372 Å². The molecule has 0 bridgehead atoms. The zero-order valence-electron chi connectivity index (χ0n) is 39.6. The maximum absolute atomic E-state index is 12.1. The van der Waals surface area contributed by atoms with Gasteiger partial charge in [-0.1, -0.05) is 206 Å². The minimum atomic E-state index is -1.69. The Morgan fingerprint density at radius 1 is 0.443 bits per heavy atom. The maximum atomic E-state index is 12.1. The normalized spacial score (nSPS) is 13.0. The predicted molar refractivity (Wildman–Crippen MR) is 249 cm³/mol. The van der Waals surface area contributed by atoms with Gasteiger partial charge in [0.2, 0.25) is 0 Å². The van der Waals surface area contributed by atoms with E-state index in [0.717, 1.165) is 43.7 Å².